The lowest BCUT2D eigenvalue weighted by molar-refractivity contribution is 0.0971. The molecule has 0 unspecified atom stereocenters. The molecule has 63 heavy (non-hydrogen) atoms. The molecule has 0 bridgehead atoms. The number of carbonyl (C=O) groups excluding carboxylic acids is 4. The van der Waals surface area contributed by atoms with Gasteiger partial charge in [-0.25, -0.2) is 29.9 Å². The highest BCUT2D eigenvalue weighted by atomic mass is 16.6. The van der Waals surface area contributed by atoms with Crippen LogP contribution >= 0.6 is 0 Å². The average molecular weight is 826 g/mol. The first-order chi connectivity index (χ1) is 30.5. The molecule has 3 aliphatic carbocycles. The summed E-state index contributed by atoms with van der Waals surface area (Å²) in [6.45, 7) is 1.78. The molecule has 6 aromatic rings. The predicted octanol–water partition coefficient (Wildman–Crippen LogP) is 4.79. The Morgan fingerprint density at radius 3 is 1.29 bits per heavy atom. The Balaban J connectivity index is 0.000000143. The van der Waals surface area contributed by atoms with Crippen molar-refractivity contribution in [2.24, 2.45) is 0 Å². The number of ether oxygens (including phenoxy) is 1. The first-order valence-corrected chi connectivity index (χ1v) is 18.0. The van der Waals surface area contributed by atoms with Gasteiger partial charge in [-0.3, -0.25) is 24.5 Å². The van der Waals surface area contributed by atoms with E-state index in [1.54, 1.807) is 98.1 Å². The summed E-state index contributed by atoms with van der Waals surface area (Å²) in [4.78, 5) is 73.2. The van der Waals surface area contributed by atoms with Crippen LogP contribution in [0.3, 0.4) is 0 Å². The van der Waals surface area contributed by atoms with Gasteiger partial charge in [0.05, 0.1) is 6.61 Å². The second kappa shape index (κ2) is 16.9. The van der Waals surface area contributed by atoms with Crippen LogP contribution in [-0.2, 0) is 4.74 Å². The standard InChI is InChI=1S/C17H10N4O3.C14H4N4O2.C13H5N5O/c1-2-24-17(23)11(7-18)13-12(8-19)20-15-14(21-13)9-5-3-4-6-10(9)16(15)22;15-5-9-10(6-16)18-12-11(17-9)13(19)7-3-1-2-4-8(7)14(12)20;14-5-9-13(16-6-15)18-10-7-3-1-2-4-8(7)12(19)11(10)17-9/h3-6,23H,2H2,1H3;1-4H;1-4H,(H,16,18). The van der Waals surface area contributed by atoms with E-state index in [1.807, 2.05) is 6.07 Å². The molecule has 0 spiro atoms. The van der Waals surface area contributed by atoms with Gasteiger partial charge in [-0.05, 0) is 6.92 Å². The Kier molecular flexibility index (Phi) is 10.9. The fourth-order valence-corrected chi connectivity index (χ4v) is 6.52. The monoisotopic (exact) mass is 825 g/mol. The number of rotatable bonds is 4. The van der Waals surface area contributed by atoms with E-state index >= 15 is 0 Å². The maximum Gasteiger partial charge on any atom is 0.297 e. The molecule has 0 saturated carbocycles. The Bertz CT molecular complexity index is 3280. The molecule has 0 aliphatic heterocycles. The highest BCUT2D eigenvalue weighted by Gasteiger charge is 2.35. The summed E-state index contributed by atoms with van der Waals surface area (Å²) < 4.78 is 4.93. The molecule has 0 atom stereocenters. The number of aliphatic hydroxyl groups is 1. The van der Waals surface area contributed by atoms with Gasteiger partial charge in [-0.15, -0.1) is 0 Å². The predicted molar refractivity (Wildman–Crippen MR) is 212 cm³/mol. The molecule has 0 saturated heterocycles. The minimum atomic E-state index is -0.636. The number of anilines is 1. The van der Waals surface area contributed by atoms with E-state index in [-0.39, 0.29) is 97.6 Å². The molecular formula is C44H19N13O6. The summed E-state index contributed by atoms with van der Waals surface area (Å²) in [5, 5.41) is 66.2. The van der Waals surface area contributed by atoms with E-state index in [9.17, 15) is 34.8 Å². The van der Waals surface area contributed by atoms with Gasteiger partial charge in [0.25, 0.3) is 5.95 Å². The third-order valence-electron chi connectivity index (χ3n) is 9.26. The molecule has 9 rings (SSSR count). The van der Waals surface area contributed by atoms with Gasteiger partial charge < -0.3 is 9.84 Å². The number of aromatic nitrogens is 6. The van der Waals surface area contributed by atoms with Gasteiger partial charge in [0.2, 0.25) is 23.1 Å². The fraction of sp³-hybridized carbons (Fsp3) is 0.0455. The van der Waals surface area contributed by atoms with Crippen LogP contribution in [0.1, 0.15) is 99.6 Å². The van der Waals surface area contributed by atoms with Gasteiger partial charge in [-0.1, -0.05) is 72.8 Å². The second-order valence-electron chi connectivity index (χ2n) is 12.7. The van der Waals surface area contributed by atoms with Gasteiger partial charge in [0, 0.05) is 33.4 Å². The third-order valence-corrected chi connectivity index (χ3v) is 9.26. The number of allylic oxidation sites excluding steroid dienone is 1. The minimum absolute atomic E-state index is 0.0599. The van der Waals surface area contributed by atoms with Crippen LogP contribution in [0.2, 0.25) is 0 Å². The lowest BCUT2D eigenvalue weighted by Crippen LogP contribution is -2.25. The molecule has 0 radical (unpaired) electrons. The summed E-state index contributed by atoms with van der Waals surface area (Å²) in [7, 11) is 0. The highest BCUT2D eigenvalue weighted by Crippen LogP contribution is 2.37. The number of nitrogens with zero attached hydrogens (tertiary/aromatic N) is 12. The van der Waals surface area contributed by atoms with E-state index in [1.165, 1.54) is 12.1 Å². The summed E-state index contributed by atoms with van der Waals surface area (Å²) in [6, 6.07) is 28.9. The molecule has 3 heterocycles. The maximum absolute atomic E-state index is 12.4. The molecule has 3 aliphatic rings. The zero-order valence-electron chi connectivity index (χ0n) is 32.0. The Hall–Kier alpha value is -10.3. The van der Waals surface area contributed by atoms with E-state index < -0.39 is 17.5 Å². The number of ketones is 4. The van der Waals surface area contributed by atoms with Gasteiger partial charge in [-0.2, -0.15) is 31.6 Å². The summed E-state index contributed by atoms with van der Waals surface area (Å²) in [6.07, 6.45) is 1.70. The van der Waals surface area contributed by atoms with Crippen molar-refractivity contribution in [2.75, 3.05) is 11.9 Å². The largest absolute Gasteiger partial charge is 0.480 e. The molecule has 0 fully saturated rings. The Morgan fingerprint density at radius 1 is 0.524 bits per heavy atom. The Morgan fingerprint density at radius 2 is 0.889 bits per heavy atom. The van der Waals surface area contributed by atoms with Crippen LogP contribution < -0.4 is 5.32 Å². The molecule has 296 valence electrons. The molecule has 0 amide bonds. The van der Waals surface area contributed by atoms with E-state index in [0.717, 1.165) is 0 Å². The van der Waals surface area contributed by atoms with Crippen molar-refractivity contribution in [2.45, 2.75) is 6.92 Å². The number of aliphatic hydroxyl groups excluding tert-OH is 1. The minimum Gasteiger partial charge on any atom is -0.480 e. The van der Waals surface area contributed by atoms with Crippen LogP contribution in [0.15, 0.2) is 78.7 Å². The van der Waals surface area contributed by atoms with Crippen LogP contribution in [-0.4, -0.2) is 64.8 Å². The third kappa shape index (κ3) is 7.03. The zero-order valence-corrected chi connectivity index (χ0v) is 32.0. The number of hydrogen-bond acceptors (Lipinski definition) is 19. The van der Waals surface area contributed by atoms with Crippen molar-refractivity contribution in [3.05, 3.63) is 152 Å². The summed E-state index contributed by atoms with van der Waals surface area (Å²) in [5.74, 6) is -2.09. The van der Waals surface area contributed by atoms with Crippen LogP contribution in [0.4, 0.5) is 5.82 Å². The maximum atomic E-state index is 12.4. The van der Waals surface area contributed by atoms with Crippen LogP contribution in [0.25, 0.3) is 28.1 Å². The van der Waals surface area contributed by atoms with E-state index in [4.69, 9.17) is 25.8 Å². The number of nitrogens with one attached hydrogen (secondary N) is 1. The van der Waals surface area contributed by atoms with Gasteiger partial charge >= 0.3 is 0 Å². The SMILES string of the molecule is CCOC(O)=C(C#N)c1nc2c(nc1C#N)C(=O)c1ccccc1-2.N#CNc1nc2c(nc1C#N)C(=O)c1ccccc1-2.N#Cc1nc2c(nc1C#N)C(=O)c1ccccc1C2=O. The first-order valence-electron chi connectivity index (χ1n) is 18.0. The number of hydrogen-bond donors (Lipinski definition) is 2. The highest BCUT2D eigenvalue weighted by molar-refractivity contribution is 6.27. The average Bonchev–Trinajstić information content (AvgIpc) is 3.76. The van der Waals surface area contributed by atoms with Crippen molar-refractivity contribution in [3.63, 3.8) is 0 Å². The molecular weight excluding hydrogens is 807 g/mol. The second-order valence-corrected chi connectivity index (χ2v) is 12.7. The van der Waals surface area contributed by atoms with Gasteiger partial charge in [0.15, 0.2) is 40.4 Å². The Labute approximate surface area is 354 Å². The smallest absolute Gasteiger partial charge is 0.297 e. The van der Waals surface area contributed by atoms with E-state index in [0.29, 0.717) is 27.9 Å². The fourth-order valence-electron chi connectivity index (χ4n) is 6.52. The molecule has 3 aromatic heterocycles. The van der Waals surface area contributed by atoms with Crippen molar-refractivity contribution in [3.8, 4) is 59.1 Å². The zero-order chi connectivity index (χ0) is 44.9. The van der Waals surface area contributed by atoms with Crippen molar-refractivity contribution < 1.29 is 29.0 Å². The quantitative estimate of drug-likeness (QED) is 0.104. The van der Waals surface area contributed by atoms with Crippen LogP contribution in [0, 0.1) is 68.1 Å². The van der Waals surface area contributed by atoms with Crippen molar-refractivity contribution in [1.29, 1.82) is 31.6 Å². The molecule has 3 aromatic carbocycles. The summed E-state index contributed by atoms with van der Waals surface area (Å²) in [5.41, 5.74) is 1.96. The molecule has 2 N–H and O–H groups in total. The lowest BCUT2D eigenvalue weighted by atomic mass is 9.89. The van der Waals surface area contributed by atoms with E-state index in [2.05, 4.69) is 35.2 Å². The van der Waals surface area contributed by atoms with Crippen molar-refractivity contribution in [1.82, 2.24) is 29.9 Å². The summed E-state index contributed by atoms with van der Waals surface area (Å²) >= 11 is 0. The number of carbonyl (C=O) groups is 4. The molecule has 19 heteroatoms. The lowest BCUT2D eigenvalue weighted by Gasteiger charge is -2.15. The van der Waals surface area contributed by atoms with Crippen LogP contribution in [0.5, 0.6) is 0 Å². The molecule has 19 nitrogen and oxygen atoms in total. The van der Waals surface area contributed by atoms with Crippen molar-refractivity contribution >= 4 is 34.5 Å². The number of benzene rings is 3. The first kappa shape index (κ1) is 40.8. The number of fused-ring (bicyclic) bond motifs is 8. The van der Waals surface area contributed by atoms with Gasteiger partial charge in [0.1, 0.15) is 70.2 Å². The topological polar surface area (TPSA) is 330 Å². The normalized spacial score (nSPS) is 12.0. The number of nitriles is 6.